The highest BCUT2D eigenvalue weighted by atomic mass is 35.5. The molecule has 1 amide bonds. The zero-order chi connectivity index (χ0) is 18.1. The van der Waals surface area contributed by atoms with E-state index in [2.05, 4.69) is 5.32 Å². The van der Waals surface area contributed by atoms with Crippen LogP contribution in [0.4, 0.5) is 5.69 Å². The summed E-state index contributed by atoms with van der Waals surface area (Å²) in [6.45, 7) is 1.57. The predicted molar refractivity (Wildman–Crippen MR) is 94.1 cm³/mol. The van der Waals surface area contributed by atoms with Gasteiger partial charge in [0.2, 0.25) is 0 Å². The molecule has 0 aliphatic rings. The summed E-state index contributed by atoms with van der Waals surface area (Å²) in [6.07, 6.45) is 0. The lowest BCUT2D eigenvalue weighted by Gasteiger charge is -2.11. The number of para-hydroxylation sites is 3. The number of halogens is 1. The first-order valence-electron chi connectivity index (χ1n) is 7.64. The van der Waals surface area contributed by atoms with Crippen molar-refractivity contribution in [3.05, 3.63) is 53.6 Å². The number of amides is 1. The Morgan fingerprint density at radius 3 is 2.28 bits per heavy atom. The molecule has 0 spiro atoms. The fraction of sp³-hybridized carbons (Fsp3) is 0.222. The summed E-state index contributed by atoms with van der Waals surface area (Å²) in [6, 6.07) is 13.8. The molecule has 2 aromatic carbocycles. The number of nitrogens with one attached hydrogen (secondary N) is 1. The van der Waals surface area contributed by atoms with Crippen molar-refractivity contribution >= 4 is 29.2 Å². The summed E-state index contributed by atoms with van der Waals surface area (Å²) in [5.41, 5.74) is 0.451. The molecule has 0 bridgehead atoms. The summed E-state index contributed by atoms with van der Waals surface area (Å²) >= 11 is 5.93. The molecule has 25 heavy (non-hydrogen) atoms. The molecule has 1 N–H and O–H groups in total. The van der Waals surface area contributed by atoms with Crippen LogP contribution >= 0.6 is 11.6 Å². The number of hydrogen-bond donors (Lipinski definition) is 1. The molecule has 0 saturated heterocycles. The third-order valence-electron chi connectivity index (χ3n) is 3.01. The number of rotatable bonds is 8. The molecular formula is C18H18ClNO5. The lowest BCUT2D eigenvalue weighted by atomic mass is 10.3. The van der Waals surface area contributed by atoms with Gasteiger partial charge < -0.3 is 19.5 Å². The van der Waals surface area contributed by atoms with Crippen molar-refractivity contribution in [3.63, 3.8) is 0 Å². The maximum absolute atomic E-state index is 11.8. The summed E-state index contributed by atoms with van der Waals surface area (Å²) in [5.74, 6) is -0.187. The van der Waals surface area contributed by atoms with E-state index >= 15 is 0 Å². The van der Waals surface area contributed by atoms with Gasteiger partial charge in [-0.05, 0) is 31.2 Å². The monoisotopic (exact) mass is 363 g/mol. The minimum atomic E-state index is -0.666. The highest BCUT2D eigenvalue weighted by Gasteiger charge is 2.11. The van der Waals surface area contributed by atoms with Crippen LogP contribution < -0.4 is 14.8 Å². The minimum absolute atomic E-state index is 0.330. The molecular weight excluding hydrogens is 346 g/mol. The average Bonchev–Trinajstić information content (AvgIpc) is 2.61. The van der Waals surface area contributed by atoms with Gasteiger partial charge in [-0.1, -0.05) is 35.9 Å². The first-order valence-corrected chi connectivity index (χ1v) is 8.02. The molecule has 7 heteroatoms. The Hall–Kier alpha value is -2.73. The topological polar surface area (TPSA) is 73.9 Å². The minimum Gasteiger partial charge on any atom is -0.490 e. The van der Waals surface area contributed by atoms with Crippen LogP contribution in [0.3, 0.4) is 0 Å². The van der Waals surface area contributed by atoms with Crippen LogP contribution in [0.2, 0.25) is 5.02 Å². The van der Waals surface area contributed by atoms with Crippen molar-refractivity contribution in [1.29, 1.82) is 0 Å². The summed E-state index contributed by atoms with van der Waals surface area (Å²) < 4.78 is 15.6. The van der Waals surface area contributed by atoms with Gasteiger partial charge >= 0.3 is 5.97 Å². The fourth-order valence-corrected chi connectivity index (χ4v) is 2.10. The predicted octanol–water partition coefficient (Wildman–Crippen LogP) is 3.30. The Balaban J connectivity index is 1.77. The molecule has 0 saturated carbocycles. The van der Waals surface area contributed by atoms with Crippen molar-refractivity contribution < 1.29 is 23.8 Å². The van der Waals surface area contributed by atoms with Gasteiger partial charge in [-0.3, -0.25) is 4.79 Å². The van der Waals surface area contributed by atoms with E-state index in [0.29, 0.717) is 28.8 Å². The normalized spacial score (nSPS) is 10.0. The molecule has 2 aromatic rings. The summed E-state index contributed by atoms with van der Waals surface area (Å²) in [7, 11) is 0. The van der Waals surface area contributed by atoms with Gasteiger partial charge in [-0.25, -0.2) is 4.79 Å². The van der Waals surface area contributed by atoms with Crippen molar-refractivity contribution in [3.8, 4) is 11.5 Å². The molecule has 0 aliphatic heterocycles. The molecule has 0 radical (unpaired) electrons. The van der Waals surface area contributed by atoms with Crippen LogP contribution in [0.25, 0.3) is 0 Å². The second-order valence-electron chi connectivity index (χ2n) is 4.86. The van der Waals surface area contributed by atoms with Gasteiger partial charge in [0.25, 0.3) is 5.91 Å². The van der Waals surface area contributed by atoms with Crippen LogP contribution in [-0.4, -0.2) is 31.7 Å². The highest BCUT2D eigenvalue weighted by Crippen LogP contribution is 2.26. The van der Waals surface area contributed by atoms with Gasteiger partial charge in [0.15, 0.2) is 24.7 Å². The third-order valence-corrected chi connectivity index (χ3v) is 3.34. The highest BCUT2D eigenvalue weighted by molar-refractivity contribution is 6.33. The molecule has 0 atom stereocenters. The van der Waals surface area contributed by atoms with Crippen molar-refractivity contribution in [2.24, 2.45) is 0 Å². The van der Waals surface area contributed by atoms with Gasteiger partial charge in [-0.2, -0.15) is 0 Å². The number of hydrogen-bond acceptors (Lipinski definition) is 5. The Morgan fingerprint density at radius 2 is 1.60 bits per heavy atom. The Bertz CT molecular complexity index is 735. The van der Waals surface area contributed by atoms with Crippen molar-refractivity contribution in [1.82, 2.24) is 0 Å². The van der Waals surface area contributed by atoms with E-state index in [-0.39, 0.29) is 6.61 Å². The van der Waals surface area contributed by atoms with Crippen LogP contribution in [0, 0.1) is 0 Å². The number of esters is 1. The van der Waals surface area contributed by atoms with Crippen LogP contribution in [-0.2, 0) is 14.3 Å². The molecule has 2 rings (SSSR count). The van der Waals surface area contributed by atoms with E-state index < -0.39 is 18.5 Å². The number of ether oxygens (including phenoxy) is 3. The molecule has 0 aromatic heterocycles. The van der Waals surface area contributed by atoms with E-state index in [0.717, 1.165) is 0 Å². The molecule has 6 nitrogen and oxygen atoms in total. The maximum atomic E-state index is 11.8. The van der Waals surface area contributed by atoms with Gasteiger partial charge in [0, 0.05) is 0 Å². The Morgan fingerprint density at radius 1 is 0.960 bits per heavy atom. The molecule has 0 fully saturated rings. The van der Waals surface area contributed by atoms with Gasteiger partial charge in [-0.15, -0.1) is 0 Å². The second-order valence-corrected chi connectivity index (χ2v) is 5.26. The molecule has 0 aliphatic carbocycles. The smallest absolute Gasteiger partial charge is 0.344 e. The van der Waals surface area contributed by atoms with Crippen molar-refractivity contribution in [2.45, 2.75) is 6.92 Å². The lowest BCUT2D eigenvalue weighted by Crippen LogP contribution is -2.23. The van der Waals surface area contributed by atoms with E-state index in [4.69, 9.17) is 25.8 Å². The quantitative estimate of drug-likeness (QED) is 0.728. The van der Waals surface area contributed by atoms with Crippen LogP contribution in [0.15, 0.2) is 48.5 Å². The molecule has 132 valence electrons. The fourth-order valence-electron chi connectivity index (χ4n) is 1.92. The first kappa shape index (κ1) is 18.6. The van der Waals surface area contributed by atoms with Gasteiger partial charge in [0.1, 0.15) is 0 Å². The molecule has 0 heterocycles. The zero-order valence-electron chi connectivity index (χ0n) is 13.7. The summed E-state index contributed by atoms with van der Waals surface area (Å²) in [4.78, 5) is 23.5. The van der Waals surface area contributed by atoms with E-state index in [1.54, 1.807) is 48.5 Å². The molecule has 0 unspecified atom stereocenters. The largest absolute Gasteiger partial charge is 0.490 e. The zero-order valence-corrected chi connectivity index (χ0v) is 14.4. The Kier molecular flexibility index (Phi) is 7.10. The number of benzene rings is 2. The van der Waals surface area contributed by atoms with E-state index in [9.17, 15) is 9.59 Å². The standard InChI is InChI=1S/C18H18ClNO5/c1-2-23-15-9-5-6-10-16(15)24-12-18(22)25-11-17(21)20-14-8-4-3-7-13(14)19/h3-10H,2,11-12H2,1H3,(H,20,21). The third kappa shape index (κ3) is 6.00. The van der Waals surface area contributed by atoms with Crippen LogP contribution in [0.5, 0.6) is 11.5 Å². The summed E-state index contributed by atoms with van der Waals surface area (Å²) in [5, 5.41) is 2.96. The van der Waals surface area contributed by atoms with Crippen LogP contribution in [0.1, 0.15) is 6.92 Å². The first-order chi connectivity index (χ1) is 12.1. The van der Waals surface area contributed by atoms with Crippen molar-refractivity contribution in [2.75, 3.05) is 25.1 Å². The Labute approximate surface area is 150 Å². The van der Waals surface area contributed by atoms with Gasteiger partial charge in [0.05, 0.1) is 17.3 Å². The van der Waals surface area contributed by atoms with E-state index in [1.807, 2.05) is 6.92 Å². The maximum Gasteiger partial charge on any atom is 0.344 e. The number of carbonyl (C=O) groups excluding carboxylic acids is 2. The average molecular weight is 364 g/mol. The van der Waals surface area contributed by atoms with E-state index in [1.165, 1.54) is 0 Å². The number of anilines is 1. The second kappa shape index (κ2) is 9.54. The number of carbonyl (C=O) groups is 2. The lowest BCUT2D eigenvalue weighted by molar-refractivity contribution is -0.149. The SMILES string of the molecule is CCOc1ccccc1OCC(=O)OCC(=O)Nc1ccccc1Cl.